The fraction of sp³-hybridized carbons (Fsp3) is 0.538. The zero-order valence-corrected chi connectivity index (χ0v) is 9.47. The van der Waals surface area contributed by atoms with E-state index in [-0.39, 0.29) is 0 Å². The lowest BCUT2D eigenvalue weighted by Gasteiger charge is -2.22. The first kappa shape index (κ1) is 10.5. The fourth-order valence-corrected chi connectivity index (χ4v) is 2.31. The SMILES string of the molecule is CCCCc1ccc(N)c2c1CCNC2. The summed E-state index contributed by atoms with van der Waals surface area (Å²) in [4.78, 5) is 0. The molecule has 2 rings (SSSR count). The molecule has 2 heteroatoms. The zero-order chi connectivity index (χ0) is 10.7. The van der Waals surface area contributed by atoms with Gasteiger partial charge in [0.2, 0.25) is 0 Å². The molecule has 2 nitrogen and oxygen atoms in total. The number of rotatable bonds is 3. The lowest BCUT2D eigenvalue weighted by Crippen LogP contribution is -2.25. The van der Waals surface area contributed by atoms with Crippen LogP contribution in [0.3, 0.4) is 0 Å². The van der Waals surface area contributed by atoms with Crippen LogP contribution in [0.25, 0.3) is 0 Å². The summed E-state index contributed by atoms with van der Waals surface area (Å²) < 4.78 is 0. The molecule has 1 aliphatic rings. The van der Waals surface area contributed by atoms with Crippen LogP contribution in [0.15, 0.2) is 12.1 Å². The van der Waals surface area contributed by atoms with Crippen molar-refractivity contribution >= 4 is 5.69 Å². The Kier molecular flexibility index (Phi) is 3.27. The van der Waals surface area contributed by atoms with E-state index >= 15 is 0 Å². The molecule has 1 aliphatic heterocycles. The molecule has 0 saturated carbocycles. The summed E-state index contributed by atoms with van der Waals surface area (Å²) in [5.41, 5.74) is 11.3. The fourth-order valence-electron chi connectivity index (χ4n) is 2.31. The molecule has 0 spiro atoms. The Morgan fingerprint density at radius 1 is 1.33 bits per heavy atom. The van der Waals surface area contributed by atoms with Gasteiger partial charge in [-0.2, -0.15) is 0 Å². The van der Waals surface area contributed by atoms with Crippen molar-refractivity contribution < 1.29 is 0 Å². The lowest BCUT2D eigenvalue weighted by atomic mass is 9.91. The van der Waals surface area contributed by atoms with E-state index in [2.05, 4.69) is 24.4 Å². The van der Waals surface area contributed by atoms with Crippen molar-refractivity contribution in [2.45, 2.75) is 39.2 Å². The van der Waals surface area contributed by atoms with Crippen molar-refractivity contribution in [1.29, 1.82) is 0 Å². The first-order valence-electron chi connectivity index (χ1n) is 5.92. The molecule has 15 heavy (non-hydrogen) atoms. The largest absolute Gasteiger partial charge is 0.398 e. The van der Waals surface area contributed by atoms with Crippen molar-refractivity contribution in [3.63, 3.8) is 0 Å². The summed E-state index contributed by atoms with van der Waals surface area (Å²) >= 11 is 0. The van der Waals surface area contributed by atoms with Crippen molar-refractivity contribution in [2.75, 3.05) is 12.3 Å². The van der Waals surface area contributed by atoms with E-state index in [1.807, 2.05) is 0 Å². The second-order valence-electron chi connectivity index (χ2n) is 4.30. The zero-order valence-electron chi connectivity index (χ0n) is 9.47. The number of fused-ring (bicyclic) bond motifs is 1. The molecular weight excluding hydrogens is 184 g/mol. The molecule has 0 radical (unpaired) electrons. The van der Waals surface area contributed by atoms with Gasteiger partial charge in [0.1, 0.15) is 0 Å². The molecule has 1 aromatic rings. The quantitative estimate of drug-likeness (QED) is 0.741. The van der Waals surface area contributed by atoms with Crippen molar-refractivity contribution in [3.05, 3.63) is 28.8 Å². The number of nitrogen functional groups attached to an aromatic ring is 1. The second kappa shape index (κ2) is 4.67. The average Bonchev–Trinajstić information content (AvgIpc) is 2.29. The molecule has 0 amide bonds. The molecule has 0 aliphatic carbocycles. The molecule has 0 atom stereocenters. The van der Waals surface area contributed by atoms with Crippen LogP contribution in [0, 0.1) is 0 Å². The van der Waals surface area contributed by atoms with Crippen LogP contribution in [0.1, 0.15) is 36.5 Å². The first-order valence-corrected chi connectivity index (χ1v) is 5.92. The van der Waals surface area contributed by atoms with E-state index < -0.39 is 0 Å². The van der Waals surface area contributed by atoms with Gasteiger partial charge in [-0.1, -0.05) is 19.4 Å². The molecular formula is C13H20N2. The van der Waals surface area contributed by atoms with E-state index in [0.29, 0.717) is 0 Å². The third kappa shape index (κ3) is 2.15. The highest BCUT2D eigenvalue weighted by Crippen LogP contribution is 2.25. The van der Waals surface area contributed by atoms with Gasteiger partial charge in [0.15, 0.2) is 0 Å². The molecule has 3 N–H and O–H groups in total. The summed E-state index contributed by atoms with van der Waals surface area (Å²) in [6, 6.07) is 4.28. The highest BCUT2D eigenvalue weighted by atomic mass is 14.9. The van der Waals surface area contributed by atoms with Crippen LogP contribution in [0.5, 0.6) is 0 Å². The normalized spacial score (nSPS) is 15.0. The van der Waals surface area contributed by atoms with Gasteiger partial charge in [0.25, 0.3) is 0 Å². The number of benzene rings is 1. The maximum Gasteiger partial charge on any atom is 0.0362 e. The Hall–Kier alpha value is -1.02. The van der Waals surface area contributed by atoms with E-state index in [9.17, 15) is 0 Å². The van der Waals surface area contributed by atoms with E-state index in [4.69, 9.17) is 5.73 Å². The van der Waals surface area contributed by atoms with Crippen molar-refractivity contribution in [2.24, 2.45) is 0 Å². The van der Waals surface area contributed by atoms with Gasteiger partial charge in [-0.25, -0.2) is 0 Å². The minimum absolute atomic E-state index is 0.946. The molecule has 0 fully saturated rings. The van der Waals surface area contributed by atoms with Gasteiger partial charge in [-0.15, -0.1) is 0 Å². The average molecular weight is 204 g/mol. The molecule has 1 aromatic carbocycles. The van der Waals surface area contributed by atoms with Gasteiger partial charge >= 0.3 is 0 Å². The monoisotopic (exact) mass is 204 g/mol. The highest BCUT2D eigenvalue weighted by Gasteiger charge is 2.14. The highest BCUT2D eigenvalue weighted by molar-refractivity contribution is 5.55. The Labute approximate surface area is 91.9 Å². The second-order valence-corrected chi connectivity index (χ2v) is 4.30. The summed E-state index contributed by atoms with van der Waals surface area (Å²) in [6.45, 7) is 4.28. The molecule has 0 aromatic heterocycles. The van der Waals surface area contributed by atoms with Gasteiger partial charge in [0, 0.05) is 12.2 Å². The van der Waals surface area contributed by atoms with Crippen LogP contribution in [0.2, 0.25) is 0 Å². The number of hydrogen-bond donors (Lipinski definition) is 2. The number of aryl methyl sites for hydroxylation is 1. The van der Waals surface area contributed by atoms with Gasteiger partial charge in [-0.05, 0) is 48.6 Å². The number of nitrogens with one attached hydrogen (secondary N) is 1. The van der Waals surface area contributed by atoms with Crippen LogP contribution in [0.4, 0.5) is 5.69 Å². The Morgan fingerprint density at radius 2 is 2.20 bits per heavy atom. The smallest absolute Gasteiger partial charge is 0.0362 e. The summed E-state index contributed by atoms with van der Waals surface area (Å²) in [7, 11) is 0. The third-order valence-corrected chi connectivity index (χ3v) is 3.22. The van der Waals surface area contributed by atoms with E-state index in [1.54, 1.807) is 0 Å². The number of nitrogens with two attached hydrogens (primary N) is 1. The molecule has 0 unspecified atom stereocenters. The van der Waals surface area contributed by atoms with E-state index in [1.165, 1.54) is 36.0 Å². The maximum atomic E-state index is 6.00. The topological polar surface area (TPSA) is 38.0 Å². The molecule has 1 heterocycles. The minimum atomic E-state index is 0.946. The van der Waals surface area contributed by atoms with Crippen LogP contribution < -0.4 is 11.1 Å². The van der Waals surface area contributed by atoms with Gasteiger partial charge in [-0.3, -0.25) is 0 Å². The van der Waals surface area contributed by atoms with Gasteiger partial charge in [0.05, 0.1) is 0 Å². The standard InChI is InChI=1S/C13H20N2/c1-2-3-4-10-5-6-13(14)12-9-15-8-7-11(10)12/h5-6,15H,2-4,7-9,14H2,1H3. The number of unbranched alkanes of at least 4 members (excludes halogenated alkanes) is 1. The van der Waals surface area contributed by atoms with Crippen LogP contribution >= 0.6 is 0 Å². The predicted octanol–water partition coefficient (Wildman–Crippen LogP) is 2.26. The van der Waals surface area contributed by atoms with E-state index in [0.717, 1.165) is 25.2 Å². The van der Waals surface area contributed by atoms with Crippen molar-refractivity contribution in [1.82, 2.24) is 5.32 Å². The summed E-state index contributed by atoms with van der Waals surface area (Å²) in [5, 5.41) is 3.39. The number of anilines is 1. The summed E-state index contributed by atoms with van der Waals surface area (Å²) in [5.74, 6) is 0. The number of hydrogen-bond acceptors (Lipinski definition) is 2. The Morgan fingerprint density at radius 3 is 3.00 bits per heavy atom. The Balaban J connectivity index is 2.30. The minimum Gasteiger partial charge on any atom is -0.398 e. The first-order chi connectivity index (χ1) is 7.33. The Bertz CT molecular complexity index is 345. The summed E-state index contributed by atoms with van der Waals surface area (Å²) in [6.07, 6.45) is 4.89. The maximum absolute atomic E-state index is 6.00. The molecule has 82 valence electrons. The molecule has 0 saturated heterocycles. The van der Waals surface area contributed by atoms with Gasteiger partial charge < -0.3 is 11.1 Å². The van der Waals surface area contributed by atoms with Crippen molar-refractivity contribution in [3.8, 4) is 0 Å². The lowest BCUT2D eigenvalue weighted by molar-refractivity contribution is 0.637. The molecule has 0 bridgehead atoms. The third-order valence-electron chi connectivity index (χ3n) is 3.22. The van der Waals surface area contributed by atoms with Crippen LogP contribution in [-0.2, 0) is 19.4 Å². The van der Waals surface area contributed by atoms with Crippen LogP contribution in [-0.4, -0.2) is 6.54 Å². The predicted molar refractivity (Wildman–Crippen MR) is 64.9 cm³/mol.